The molecule has 0 aliphatic carbocycles. The smallest absolute Gasteiger partial charge is 0.259 e. The number of carbonyl (C=O) groups is 1. The second kappa shape index (κ2) is 9.23. The average molecular weight is 423 g/mol. The van der Waals surface area contributed by atoms with Gasteiger partial charge >= 0.3 is 0 Å². The molecule has 5 nitrogen and oxygen atoms in total. The molecule has 1 fully saturated rings. The Hall–Kier alpha value is -2.31. The van der Waals surface area contributed by atoms with Crippen LogP contribution in [0.3, 0.4) is 0 Å². The van der Waals surface area contributed by atoms with E-state index in [2.05, 4.69) is 40.8 Å². The number of thiophene rings is 1. The van der Waals surface area contributed by atoms with Gasteiger partial charge in [0, 0.05) is 41.2 Å². The molecule has 0 bridgehead atoms. The molecule has 1 saturated heterocycles. The van der Waals surface area contributed by atoms with Crippen LogP contribution in [-0.2, 0) is 13.0 Å². The first-order chi connectivity index (χ1) is 14.5. The summed E-state index contributed by atoms with van der Waals surface area (Å²) in [6, 6.07) is 8.64. The zero-order valence-electron chi connectivity index (χ0n) is 17.8. The number of hydrogen-bond donors (Lipinski definition) is 1. The maximum Gasteiger partial charge on any atom is 0.259 e. The van der Waals surface area contributed by atoms with Crippen LogP contribution in [0.25, 0.3) is 10.1 Å². The summed E-state index contributed by atoms with van der Waals surface area (Å²) in [5.41, 5.74) is 8.02. The molecule has 0 spiro atoms. The van der Waals surface area contributed by atoms with Crippen molar-refractivity contribution in [2.45, 2.75) is 64.5 Å². The molecule has 30 heavy (non-hydrogen) atoms. The number of benzene rings is 1. The van der Waals surface area contributed by atoms with Gasteiger partial charge in [-0.15, -0.1) is 11.3 Å². The summed E-state index contributed by atoms with van der Waals surface area (Å²) >= 11 is 1.52. The number of aromatic nitrogens is 2. The second-order valence-electron chi connectivity index (χ2n) is 8.55. The van der Waals surface area contributed by atoms with Crippen molar-refractivity contribution in [1.29, 1.82) is 0 Å². The molecule has 2 N–H and O–H groups in total. The van der Waals surface area contributed by atoms with Crippen LogP contribution in [0.1, 0.15) is 72.1 Å². The van der Waals surface area contributed by atoms with Crippen LogP contribution in [0.2, 0.25) is 0 Å². The van der Waals surface area contributed by atoms with Crippen LogP contribution in [-0.4, -0.2) is 33.4 Å². The lowest BCUT2D eigenvalue weighted by atomic mass is 9.97. The Morgan fingerprint density at radius 1 is 1.20 bits per heavy atom. The zero-order valence-corrected chi connectivity index (χ0v) is 18.6. The topological polar surface area (TPSA) is 72.1 Å². The monoisotopic (exact) mass is 422 g/mol. The summed E-state index contributed by atoms with van der Waals surface area (Å²) in [4.78, 5) is 24.5. The molecule has 0 radical (unpaired) electrons. The number of amides is 1. The lowest BCUT2D eigenvalue weighted by molar-refractivity contribution is 0.100. The van der Waals surface area contributed by atoms with Crippen LogP contribution in [0.5, 0.6) is 0 Å². The summed E-state index contributed by atoms with van der Waals surface area (Å²) < 4.78 is 1.14. The Kier molecular flexibility index (Phi) is 6.44. The molecule has 3 aromatic rings. The van der Waals surface area contributed by atoms with E-state index in [1.165, 1.54) is 36.0 Å². The number of fused-ring (bicyclic) bond motifs is 1. The second-order valence-corrected chi connectivity index (χ2v) is 9.60. The molecule has 4 rings (SSSR count). The van der Waals surface area contributed by atoms with E-state index in [0.29, 0.717) is 16.8 Å². The highest BCUT2D eigenvalue weighted by Crippen LogP contribution is 2.34. The molecule has 2 aromatic heterocycles. The Labute approximate surface area is 182 Å². The average Bonchev–Trinajstić information content (AvgIpc) is 2.96. The van der Waals surface area contributed by atoms with E-state index in [-0.39, 0.29) is 5.91 Å². The van der Waals surface area contributed by atoms with Gasteiger partial charge in [0.05, 0.1) is 4.88 Å². The van der Waals surface area contributed by atoms with Gasteiger partial charge in [-0.3, -0.25) is 9.69 Å². The van der Waals surface area contributed by atoms with Gasteiger partial charge in [0.2, 0.25) is 0 Å². The van der Waals surface area contributed by atoms with Crippen molar-refractivity contribution in [1.82, 2.24) is 14.9 Å². The molecule has 1 aromatic carbocycles. The maximum absolute atomic E-state index is 12.2. The molecule has 0 saturated carbocycles. The number of primary amides is 1. The maximum atomic E-state index is 12.2. The highest BCUT2D eigenvalue weighted by molar-refractivity contribution is 7.21. The van der Waals surface area contributed by atoms with Gasteiger partial charge in [-0.25, -0.2) is 9.97 Å². The Balaban J connectivity index is 1.60. The van der Waals surface area contributed by atoms with Crippen LogP contribution >= 0.6 is 11.3 Å². The molecule has 0 unspecified atom stereocenters. The largest absolute Gasteiger partial charge is 0.365 e. The minimum absolute atomic E-state index is 0.316. The SMILES string of the molecule is CC(C)c1ncc(CN2CCCCC[C@@H]2Cc2c(C(N)=O)sc3ccccc23)cn1. The fraction of sp³-hybridized carbons (Fsp3) is 0.458. The van der Waals surface area contributed by atoms with Gasteiger partial charge in [-0.2, -0.15) is 0 Å². The normalized spacial score (nSPS) is 18.0. The lowest BCUT2D eigenvalue weighted by Crippen LogP contribution is -2.36. The number of nitrogens with two attached hydrogens (primary N) is 1. The van der Waals surface area contributed by atoms with Crippen molar-refractivity contribution in [3.8, 4) is 0 Å². The third-order valence-electron chi connectivity index (χ3n) is 5.99. The number of nitrogens with zero attached hydrogens (tertiary/aromatic N) is 3. The fourth-order valence-corrected chi connectivity index (χ4v) is 5.48. The first-order valence-electron chi connectivity index (χ1n) is 10.9. The minimum Gasteiger partial charge on any atom is -0.365 e. The molecule has 6 heteroatoms. The quantitative estimate of drug-likeness (QED) is 0.613. The van der Waals surface area contributed by atoms with E-state index < -0.39 is 0 Å². The number of hydrogen-bond acceptors (Lipinski definition) is 5. The molecule has 1 amide bonds. The zero-order chi connectivity index (χ0) is 21.1. The van der Waals surface area contributed by atoms with Crippen LogP contribution in [0.4, 0.5) is 0 Å². The van der Waals surface area contributed by atoms with Crippen molar-refractivity contribution >= 4 is 27.3 Å². The van der Waals surface area contributed by atoms with E-state index in [1.807, 2.05) is 24.5 Å². The highest BCUT2D eigenvalue weighted by atomic mass is 32.1. The summed E-state index contributed by atoms with van der Waals surface area (Å²) in [6.45, 7) is 6.13. The van der Waals surface area contributed by atoms with Crippen molar-refractivity contribution in [3.05, 3.63) is 58.5 Å². The summed E-state index contributed by atoms with van der Waals surface area (Å²) in [7, 11) is 0. The van der Waals surface area contributed by atoms with Crippen LogP contribution < -0.4 is 5.73 Å². The van der Waals surface area contributed by atoms with E-state index in [0.717, 1.165) is 47.6 Å². The summed E-state index contributed by atoms with van der Waals surface area (Å²) in [5, 5.41) is 1.17. The first kappa shape index (κ1) is 20.9. The molecule has 3 heterocycles. The molecule has 1 aliphatic rings. The van der Waals surface area contributed by atoms with E-state index >= 15 is 0 Å². The van der Waals surface area contributed by atoms with E-state index in [9.17, 15) is 4.79 Å². The van der Waals surface area contributed by atoms with Gasteiger partial charge in [0.25, 0.3) is 5.91 Å². The molecule has 1 aliphatic heterocycles. The van der Waals surface area contributed by atoms with Crippen LogP contribution in [0, 0.1) is 0 Å². The van der Waals surface area contributed by atoms with Gasteiger partial charge < -0.3 is 5.73 Å². The Bertz CT molecular complexity index is 1010. The number of likely N-dealkylation sites (tertiary alicyclic amines) is 1. The Morgan fingerprint density at radius 3 is 2.70 bits per heavy atom. The molecule has 158 valence electrons. The highest BCUT2D eigenvalue weighted by Gasteiger charge is 2.25. The predicted octanol–water partition coefficient (Wildman–Crippen LogP) is 4.90. The summed E-state index contributed by atoms with van der Waals surface area (Å²) in [6.07, 6.45) is 9.61. The summed E-state index contributed by atoms with van der Waals surface area (Å²) in [5.74, 6) is 0.912. The minimum atomic E-state index is -0.316. The van der Waals surface area contributed by atoms with E-state index in [4.69, 9.17) is 5.73 Å². The van der Waals surface area contributed by atoms with Gasteiger partial charge in [-0.05, 0) is 42.8 Å². The lowest BCUT2D eigenvalue weighted by Gasteiger charge is -2.30. The van der Waals surface area contributed by atoms with Crippen molar-refractivity contribution < 1.29 is 4.79 Å². The van der Waals surface area contributed by atoms with Crippen molar-refractivity contribution in [2.75, 3.05) is 6.54 Å². The number of rotatable bonds is 6. The third-order valence-corrected chi connectivity index (χ3v) is 7.22. The van der Waals surface area contributed by atoms with E-state index in [1.54, 1.807) is 0 Å². The molecular weight excluding hydrogens is 392 g/mol. The Morgan fingerprint density at radius 2 is 1.97 bits per heavy atom. The third kappa shape index (κ3) is 4.55. The van der Waals surface area contributed by atoms with Crippen LogP contribution in [0.15, 0.2) is 36.7 Å². The van der Waals surface area contributed by atoms with Gasteiger partial charge in [0.15, 0.2) is 0 Å². The van der Waals surface area contributed by atoms with Gasteiger partial charge in [0.1, 0.15) is 5.82 Å². The fourth-order valence-electron chi connectivity index (χ4n) is 4.39. The standard InChI is InChI=1S/C24H30N4OS/c1-16(2)24-26-13-17(14-27-24)15-28-11-7-3-4-8-18(28)12-20-19-9-5-6-10-21(19)30-22(20)23(25)29/h5-6,9-10,13-14,16,18H,3-4,7-8,11-12,15H2,1-2H3,(H2,25,29)/t18-/m1/s1. The number of carbonyl (C=O) groups excluding carboxylic acids is 1. The molecule has 1 atom stereocenters. The predicted molar refractivity (Wildman–Crippen MR) is 123 cm³/mol. The molecular formula is C24H30N4OS. The van der Waals surface area contributed by atoms with Gasteiger partial charge in [-0.1, -0.05) is 44.9 Å². The first-order valence-corrected chi connectivity index (χ1v) is 11.7. The van der Waals surface area contributed by atoms with Crippen molar-refractivity contribution in [3.63, 3.8) is 0 Å². The van der Waals surface area contributed by atoms with Crippen molar-refractivity contribution in [2.24, 2.45) is 5.73 Å².